The van der Waals surface area contributed by atoms with Gasteiger partial charge < -0.3 is 14.5 Å². The van der Waals surface area contributed by atoms with Crippen LogP contribution in [-0.4, -0.2) is 67.5 Å². The Kier molecular flexibility index (Phi) is 5.56. The van der Waals surface area contributed by atoms with Crippen LogP contribution in [0.5, 0.6) is 5.75 Å². The first-order valence-electron chi connectivity index (χ1n) is 10.8. The number of piperidine rings is 2. The molecule has 0 spiro atoms. The third-order valence-electron chi connectivity index (χ3n) is 6.60. The van der Waals surface area contributed by atoms with Crippen molar-refractivity contribution in [2.45, 2.75) is 45.6 Å². The zero-order valence-corrected chi connectivity index (χ0v) is 17.9. The predicted octanol–water partition coefficient (Wildman–Crippen LogP) is 2.77. The summed E-state index contributed by atoms with van der Waals surface area (Å²) in [5.41, 5.74) is 0.995. The van der Waals surface area contributed by atoms with Gasteiger partial charge in [-0.15, -0.1) is 0 Å². The van der Waals surface area contributed by atoms with Gasteiger partial charge >= 0.3 is 0 Å². The van der Waals surface area contributed by atoms with Gasteiger partial charge in [-0.2, -0.15) is 0 Å². The minimum atomic E-state index is -0.196. The second-order valence-electron chi connectivity index (χ2n) is 9.65. The highest BCUT2D eigenvalue weighted by Crippen LogP contribution is 2.38. The molecule has 0 radical (unpaired) electrons. The lowest BCUT2D eigenvalue weighted by atomic mass is 9.82. The summed E-state index contributed by atoms with van der Waals surface area (Å²) in [6.45, 7) is 8.68. The maximum absolute atomic E-state index is 12.3. The number of carbonyl (C=O) groups excluding carboxylic acids is 2. The normalized spacial score (nSPS) is 26.9. The van der Waals surface area contributed by atoms with E-state index in [9.17, 15) is 9.59 Å². The van der Waals surface area contributed by atoms with E-state index in [4.69, 9.17) is 4.74 Å². The lowest BCUT2D eigenvalue weighted by Gasteiger charge is -2.36. The third-order valence-corrected chi connectivity index (χ3v) is 6.60. The van der Waals surface area contributed by atoms with Gasteiger partial charge in [-0.05, 0) is 42.9 Å². The second kappa shape index (κ2) is 7.98. The minimum absolute atomic E-state index is 0.00712. The summed E-state index contributed by atoms with van der Waals surface area (Å²) < 4.78 is 5.58. The molecule has 2 atom stereocenters. The fourth-order valence-corrected chi connectivity index (χ4v) is 5.31. The number of hydrogen-bond acceptors (Lipinski definition) is 5. The van der Waals surface area contributed by atoms with E-state index in [0.29, 0.717) is 31.3 Å². The molecule has 3 aliphatic rings. The molecule has 0 saturated carbocycles. The molecule has 0 aliphatic carbocycles. The molecule has 0 aromatic heterocycles. The Labute approximate surface area is 173 Å². The number of fused-ring (bicyclic) bond motifs is 2. The number of nitrogens with zero attached hydrogens (tertiary/aromatic N) is 3. The van der Waals surface area contributed by atoms with Crippen molar-refractivity contribution in [2.24, 2.45) is 11.3 Å². The number of hydrogen-bond donors (Lipinski definition) is 0. The Morgan fingerprint density at radius 3 is 2.48 bits per heavy atom. The predicted molar refractivity (Wildman–Crippen MR) is 113 cm³/mol. The standard InChI is InChI=1S/C23H33N3O3/c1-23(2)12-21(27)25(22(28)13-23)10-6-9-24-14-17-11-18(16-24)26(15-17)19-7-4-5-8-20(19)29-3/h4-5,7-8,17-18H,6,9-16H2,1-3H3/t17-,18+/m0/s1. The van der Waals surface area contributed by atoms with E-state index in [1.165, 1.54) is 17.0 Å². The summed E-state index contributed by atoms with van der Waals surface area (Å²) in [5, 5.41) is 0. The number of para-hydroxylation sites is 2. The number of amides is 2. The summed E-state index contributed by atoms with van der Waals surface area (Å²) in [6, 6.07) is 8.78. The topological polar surface area (TPSA) is 53.1 Å². The van der Waals surface area contributed by atoms with E-state index in [1.807, 2.05) is 26.0 Å². The Bertz CT molecular complexity index is 758. The largest absolute Gasteiger partial charge is 0.495 e. The quantitative estimate of drug-likeness (QED) is 0.689. The van der Waals surface area contributed by atoms with Crippen LogP contribution in [0, 0.1) is 11.3 Å². The molecule has 1 aromatic carbocycles. The second-order valence-corrected chi connectivity index (χ2v) is 9.65. The van der Waals surface area contributed by atoms with E-state index in [-0.39, 0.29) is 17.2 Å². The summed E-state index contributed by atoms with van der Waals surface area (Å²) in [4.78, 5) is 31.2. The molecule has 2 amide bonds. The fraction of sp³-hybridized carbons (Fsp3) is 0.652. The first-order valence-corrected chi connectivity index (χ1v) is 10.8. The van der Waals surface area contributed by atoms with Crippen LogP contribution < -0.4 is 9.64 Å². The van der Waals surface area contributed by atoms with Crippen LogP contribution in [0.1, 0.15) is 39.5 Å². The van der Waals surface area contributed by atoms with Crippen molar-refractivity contribution in [1.82, 2.24) is 9.80 Å². The van der Waals surface area contributed by atoms with Gasteiger partial charge in [0, 0.05) is 45.1 Å². The molecule has 3 heterocycles. The van der Waals surface area contributed by atoms with E-state index in [1.54, 1.807) is 7.11 Å². The molecular weight excluding hydrogens is 366 g/mol. The number of likely N-dealkylation sites (tertiary alicyclic amines) is 2. The third kappa shape index (κ3) is 4.27. The molecule has 0 unspecified atom stereocenters. The van der Waals surface area contributed by atoms with Gasteiger partial charge in [0.15, 0.2) is 0 Å². The summed E-state index contributed by atoms with van der Waals surface area (Å²) in [6.07, 6.45) is 3.03. The van der Waals surface area contributed by atoms with Gasteiger partial charge in [0.1, 0.15) is 5.75 Å². The number of anilines is 1. The highest BCUT2D eigenvalue weighted by molar-refractivity contribution is 5.98. The Balaban J connectivity index is 1.31. The van der Waals surface area contributed by atoms with Crippen LogP contribution in [-0.2, 0) is 9.59 Å². The molecule has 3 saturated heterocycles. The van der Waals surface area contributed by atoms with Crippen molar-refractivity contribution >= 4 is 17.5 Å². The van der Waals surface area contributed by atoms with Crippen LogP contribution in [0.3, 0.4) is 0 Å². The van der Waals surface area contributed by atoms with Crippen LogP contribution in [0.25, 0.3) is 0 Å². The van der Waals surface area contributed by atoms with Crippen molar-refractivity contribution in [3.63, 3.8) is 0 Å². The van der Waals surface area contributed by atoms with Crippen LogP contribution in [0.2, 0.25) is 0 Å². The van der Waals surface area contributed by atoms with E-state index in [2.05, 4.69) is 21.9 Å². The molecule has 3 aliphatic heterocycles. The van der Waals surface area contributed by atoms with E-state index >= 15 is 0 Å². The lowest BCUT2D eigenvalue weighted by Crippen LogP contribution is -2.47. The van der Waals surface area contributed by atoms with Crippen molar-refractivity contribution in [1.29, 1.82) is 0 Å². The highest BCUT2D eigenvalue weighted by atomic mass is 16.5. The molecule has 4 rings (SSSR count). The molecule has 2 bridgehead atoms. The molecule has 0 N–H and O–H groups in total. The van der Waals surface area contributed by atoms with Crippen LogP contribution >= 0.6 is 0 Å². The van der Waals surface area contributed by atoms with Crippen LogP contribution in [0.15, 0.2) is 24.3 Å². The average molecular weight is 400 g/mol. The number of imide groups is 1. The molecule has 6 heteroatoms. The summed E-state index contributed by atoms with van der Waals surface area (Å²) in [7, 11) is 1.73. The van der Waals surface area contributed by atoms with Crippen molar-refractivity contribution < 1.29 is 14.3 Å². The van der Waals surface area contributed by atoms with Gasteiger partial charge in [-0.1, -0.05) is 26.0 Å². The zero-order valence-electron chi connectivity index (χ0n) is 17.9. The average Bonchev–Trinajstić information content (AvgIpc) is 2.97. The van der Waals surface area contributed by atoms with Crippen molar-refractivity contribution in [3.8, 4) is 5.75 Å². The summed E-state index contributed by atoms with van der Waals surface area (Å²) in [5.74, 6) is 1.59. The maximum Gasteiger partial charge on any atom is 0.229 e. The molecule has 29 heavy (non-hydrogen) atoms. The van der Waals surface area contributed by atoms with Gasteiger partial charge in [-0.25, -0.2) is 0 Å². The number of rotatable bonds is 6. The molecule has 1 aromatic rings. The summed E-state index contributed by atoms with van der Waals surface area (Å²) >= 11 is 0. The minimum Gasteiger partial charge on any atom is -0.495 e. The van der Waals surface area contributed by atoms with Gasteiger partial charge in [0.05, 0.1) is 12.8 Å². The highest BCUT2D eigenvalue weighted by Gasteiger charge is 2.40. The lowest BCUT2D eigenvalue weighted by molar-refractivity contribution is -0.152. The number of ether oxygens (including phenoxy) is 1. The number of carbonyl (C=O) groups is 2. The number of methoxy groups -OCH3 is 1. The Morgan fingerprint density at radius 1 is 1.03 bits per heavy atom. The molecule has 3 fully saturated rings. The Morgan fingerprint density at radius 2 is 1.76 bits per heavy atom. The van der Waals surface area contributed by atoms with E-state index < -0.39 is 0 Å². The van der Waals surface area contributed by atoms with Crippen molar-refractivity contribution in [2.75, 3.05) is 44.7 Å². The molecular formula is C23H33N3O3. The monoisotopic (exact) mass is 399 g/mol. The first kappa shape index (κ1) is 20.2. The smallest absolute Gasteiger partial charge is 0.229 e. The Hall–Kier alpha value is -2.08. The molecule has 158 valence electrons. The van der Waals surface area contributed by atoms with Crippen molar-refractivity contribution in [3.05, 3.63) is 24.3 Å². The maximum atomic E-state index is 12.3. The van der Waals surface area contributed by atoms with Gasteiger partial charge in [0.2, 0.25) is 11.8 Å². The van der Waals surface area contributed by atoms with Crippen LogP contribution in [0.4, 0.5) is 5.69 Å². The van der Waals surface area contributed by atoms with Gasteiger partial charge in [-0.3, -0.25) is 14.5 Å². The van der Waals surface area contributed by atoms with E-state index in [0.717, 1.165) is 38.3 Å². The molecule has 6 nitrogen and oxygen atoms in total. The first-order chi connectivity index (χ1) is 13.9. The fourth-order valence-electron chi connectivity index (χ4n) is 5.31. The number of benzene rings is 1. The van der Waals surface area contributed by atoms with Gasteiger partial charge in [0.25, 0.3) is 0 Å². The zero-order chi connectivity index (χ0) is 20.6. The SMILES string of the molecule is COc1ccccc1N1C[C@H]2C[C@@H]1CN(CCCN1C(=O)CC(C)(C)CC1=O)C2.